The summed E-state index contributed by atoms with van der Waals surface area (Å²) in [5, 5.41) is 19.8. The number of hydrogen-bond acceptors (Lipinski definition) is 4. The van der Waals surface area contributed by atoms with Crippen LogP contribution in [-0.2, 0) is 0 Å². The maximum Gasteiger partial charge on any atom is 0.0755 e. The first-order chi connectivity index (χ1) is 11.3. The fraction of sp³-hybridized carbons (Fsp3) is 0.278. The second kappa shape index (κ2) is 7.13. The summed E-state index contributed by atoms with van der Waals surface area (Å²) >= 11 is 6.36. The van der Waals surface area contributed by atoms with Gasteiger partial charge in [-0.2, -0.15) is 0 Å². The van der Waals surface area contributed by atoms with Gasteiger partial charge in [0.15, 0.2) is 0 Å². The molecule has 3 rings (SSSR count). The number of para-hydroxylation sites is 1. The van der Waals surface area contributed by atoms with E-state index < -0.39 is 0 Å². The lowest BCUT2D eigenvalue weighted by atomic mass is 10.00. The molecule has 0 amide bonds. The number of halogens is 1. The number of rotatable bonds is 4. The minimum atomic E-state index is -0.164. The van der Waals surface area contributed by atoms with Crippen LogP contribution in [0.5, 0.6) is 0 Å². The molecule has 0 saturated heterocycles. The predicted octanol–water partition coefficient (Wildman–Crippen LogP) is 2.35. The van der Waals surface area contributed by atoms with Gasteiger partial charge >= 0.3 is 0 Å². The number of anilines is 1. The van der Waals surface area contributed by atoms with Gasteiger partial charge in [0.2, 0.25) is 0 Å². The van der Waals surface area contributed by atoms with Gasteiger partial charge in [-0.25, -0.2) is 0 Å². The highest BCUT2D eigenvalue weighted by Crippen LogP contribution is 2.30. The van der Waals surface area contributed by atoms with Crippen LogP contribution >= 0.6 is 11.6 Å². The monoisotopic (exact) mass is 330 g/mol. The lowest BCUT2D eigenvalue weighted by molar-refractivity contribution is 0.248. The van der Waals surface area contributed by atoms with Crippen molar-refractivity contribution in [3.63, 3.8) is 0 Å². The van der Waals surface area contributed by atoms with Crippen molar-refractivity contribution in [2.45, 2.75) is 6.04 Å². The minimum absolute atomic E-state index is 0.0201. The Kier molecular flexibility index (Phi) is 4.96. The van der Waals surface area contributed by atoms with Crippen LogP contribution < -0.4 is 4.90 Å². The fourth-order valence-electron chi connectivity index (χ4n) is 2.95. The fourth-order valence-corrected chi connectivity index (χ4v) is 3.18. The largest absolute Gasteiger partial charge is 0.395 e. The van der Waals surface area contributed by atoms with Crippen LogP contribution in [0.2, 0.25) is 5.02 Å². The first-order valence-corrected chi connectivity index (χ1v) is 8.01. The number of benzodiazepines with no additional fused rings is 1. The van der Waals surface area contributed by atoms with Crippen LogP contribution in [0.1, 0.15) is 11.1 Å². The molecule has 1 aliphatic heterocycles. The van der Waals surface area contributed by atoms with Crippen LogP contribution in [0.4, 0.5) is 5.69 Å². The summed E-state index contributed by atoms with van der Waals surface area (Å²) in [4.78, 5) is 6.75. The van der Waals surface area contributed by atoms with E-state index in [2.05, 4.69) is 0 Å². The zero-order valence-corrected chi connectivity index (χ0v) is 13.4. The number of benzene rings is 2. The Morgan fingerprint density at radius 2 is 1.74 bits per heavy atom. The molecule has 5 heteroatoms. The van der Waals surface area contributed by atoms with Crippen LogP contribution in [0.3, 0.4) is 0 Å². The summed E-state index contributed by atoms with van der Waals surface area (Å²) in [5.74, 6) is 0. The highest BCUT2D eigenvalue weighted by molar-refractivity contribution is 6.35. The number of fused-ring (bicyclic) bond motifs is 1. The van der Waals surface area contributed by atoms with E-state index in [1.54, 1.807) is 0 Å². The van der Waals surface area contributed by atoms with Gasteiger partial charge < -0.3 is 15.1 Å². The van der Waals surface area contributed by atoms with E-state index in [0.717, 1.165) is 22.5 Å². The van der Waals surface area contributed by atoms with Gasteiger partial charge in [-0.15, -0.1) is 0 Å². The van der Waals surface area contributed by atoms with E-state index in [4.69, 9.17) is 16.6 Å². The highest BCUT2D eigenvalue weighted by atomic mass is 35.5. The Bertz CT molecular complexity index is 718. The second-order valence-electron chi connectivity index (χ2n) is 5.44. The topological polar surface area (TPSA) is 56.1 Å². The van der Waals surface area contributed by atoms with Crippen molar-refractivity contribution in [3.8, 4) is 0 Å². The maximum atomic E-state index is 9.73. The van der Waals surface area contributed by atoms with Crippen LogP contribution in [-0.4, -0.2) is 48.3 Å². The lowest BCUT2D eigenvalue weighted by Crippen LogP contribution is -2.41. The number of hydrogen-bond donors (Lipinski definition) is 2. The summed E-state index contributed by atoms with van der Waals surface area (Å²) in [5.41, 5.74) is 3.62. The van der Waals surface area contributed by atoms with Crippen LogP contribution in [0.15, 0.2) is 53.5 Å². The quantitative estimate of drug-likeness (QED) is 0.904. The summed E-state index contributed by atoms with van der Waals surface area (Å²) in [6.45, 7) is 0.902. The van der Waals surface area contributed by atoms with Crippen molar-refractivity contribution in [2.75, 3.05) is 31.2 Å². The van der Waals surface area contributed by atoms with Crippen molar-refractivity contribution >= 4 is 23.0 Å². The number of aliphatic imine (C=N–C) groups is 1. The SMILES string of the molecule is OCCN1c2ccccc2C(c2ccccc2Cl)=NCC1CO. The molecule has 1 heterocycles. The van der Waals surface area contributed by atoms with Gasteiger partial charge in [0.1, 0.15) is 0 Å². The zero-order chi connectivity index (χ0) is 16.2. The molecule has 1 unspecified atom stereocenters. The molecule has 0 radical (unpaired) electrons. The molecule has 0 spiro atoms. The van der Waals surface area contributed by atoms with E-state index >= 15 is 0 Å². The smallest absolute Gasteiger partial charge is 0.0755 e. The van der Waals surface area contributed by atoms with Crippen molar-refractivity contribution in [3.05, 3.63) is 64.7 Å². The average Bonchev–Trinajstić information content (AvgIpc) is 2.73. The zero-order valence-electron chi connectivity index (χ0n) is 12.7. The summed E-state index contributed by atoms with van der Waals surface area (Å²) < 4.78 is 0. The highest BCUT2D eigenvalue weighted by Gasteiger charge is 2.26. The number of nitrogens with zero attached hydrogens (tertiary/aromatic N) is 2. The van der Waals surface area contributed by atoms with Gasteiger partial charge in [0, 0.05) is 28.4 Å². The summed E-state index contributed by atoms with van der Waals surface area (Å²) in [7, 11) is 0. The molecule has 0 aliphatic carbocycles. The molecular formula is C18H19ClN2O2. The molecule has 0 saturated carbocycles. The molecule has 1 atom stereocenters. The van der Waals surface area contributed by atoms with Gasteiger partial charge in [-0.05, 0) is 12.1 Å². The standard InChI is InChI=1S/C18H19ClN2O2/c19-16-7-3-1-5-14(16)18-15-6-2-4-8-17(15)21(9-10-22)13(12-23)11-20-18/h1-8,13,22-23H,9-12H2. The molecule has 0 aromatic heterocycles. The Hall–Kier alpha value is -1.88. The first-order valence-electron chi connectivity index (χ1n) is 7.63. The molecule has 23 heavy (non-hydrogen) atoms. The molecular weight excluding hydrogens is 312 g/mol. The van der Waals surface area contributed by atoms with Crippen molar-refractivity contribution in [1.29, 1.82) is 0 Å². The molecule has 0 bridgehead atoms. The Balaban J connectivity index is 2.16. The molecule has 0 fully saturated rings. The number of β-amino-alcohol motifs (C(OH)–C–C–N with tert-alkyl or cyclic N) is 1. The normalized spacial score (nSPS) is 17.4. The number of aliphatic hydroxyl groups is 2. The molecule has 2 aromatic carbocycles. The number of aliphatic hydroxyl groups excluding tert-OH is 2. The third-order valence-corrected chi connectivity index (χ3v) is 4.38. The maximum absolute atomic E-state index is 9.73. The summed E-state index contributed by atoms with van der Waals surface area (Å²) in [6, 6.07) is 15.4. The second-order valence-corrected chi connectivity index (χ2v) is 5.85. The Labute approximate surface area is 140 Å². The lowest BCUT2D eigenvalue weighted by Gasteiger charge is -2.30. The molecule has 2 N–H and O–H groups in total. The van der Waals surface area contributed by atoms with Gasteiger partial charge in [0.05, 0.1) is 31.5 Å². The van der Waals surface area contributed by atoms with Gasteiger partial charge in [-0.3, -0.25) is 4.99 Å². The van der Waals surface area contributed by atoms with Crippen molar-refractivity contribution in [1.82, 2.24) is 0 Å². The van der Waals surface area contributed by atoms with E-state index in [9.17, 15) is 10.2 Å². The minimum Gasteiger partial charge on any atom is -0.395 e. The van der Waals surface area contributed by atoms with E-state index in [0.29, 0.717) is 18.1 Å². The molecule has 120 valence electrons. The van der Waals surface area contributed by atoms with E-state index in [1.165, 1.54) is 0 Å². The van der Waals surface area contributed by atoms with Crippen LogP contribution in [0.25, 0.3) is 0 Å². The van der Waals surface area contributed by atoms with Crippen molar-refractivity contribution < 1.29 is 10.2 Å². The first kappa shape index (κ1) is 16.0. The Morgan fingerprint density at radius 1 is 1.04 bits per heavy atom. The van der Waals surface area contributed by atoms with E-state index in [-0.39, 0.29) is 19.3 Å². The van der Waals surface area contributed by atoms with E-state index in [1.807, 2.05) is 53.4 Å². The predicted molar refractivity (Wildman–Crippen MR) is 93.7 cm³/mol. The average molecular weight is 331 g/mol. The third kappa shape index (κ3) is 3.11. The van der Waals surface area contributed by atoms with Gasteiger partial charge in [0.25, 0.3) is 0 Å². The van der Waals surface area contributed by atoms with Crippen LogP contribution in [0, 0.1) is 0 Å². The van der Waals surface area contributed by atoms with Gasteiger partial charge in [-0.1, -0.05) is 48.0 Å². The molecule has 4 nitrogen and oxygen atoms in total. The Morgan fingerprint density at radius 3 is 2.43 bits per heavy atom. The van der Waals surface area contributed by atoms with Crippen molar-refractivity contribution in [2.24, 2.45) is 4.99 Å². The third-order valence-electron chi connectivity index (χ3n) is 4.05. The molecule has 2 aromatic rings. The summed E-state index contributed by atoms with van der Waals surface area (Å²) in [6.07, 6.45) is 0. The molecule has 1 aliphatic rings.